The van der Waals surface area contributed by atoms with E-state index in [1.54, 1.807) is 0 Å². The van der Waals surface area contributed by atoms with Gasteiger partial charge in [0.1, 0.15) is 5.82 Å². The minimum Gasteiger partial charge on any atom is -0.387 e. The average Bonchev–Trinajstić information content (AvgIpc) is 2.96. The first-order valence-corrected chi connectivity index (χ1v) is 7.06. The number of rotatable bonds is 6. The highest BCUT2D eigenvalue weighted by molar-refractivity contribution is 5.75. The lowest BCUT2D eigenvalue weighted by Gasteiger charge is -2.13. The smallest absolute Gasteiger partial charge is 0.220 e. The Labute approximate surface area is 118 Å². The van der Waals surface area contributed by atoms with Gasteiger partial charge in [0.25, 0.3) is 0 Å². The second-order valence-electron chi connectivity index (χ2n) is 5.27. The predicted octanol–water partition coefficient (Wildman–Crippen LogP) is 1.36. The van der Waals surface area contributed by atoms with Crippen molar-refractivity contribution in [3.05, 3.63) is 35.6 Å². The molecule has 0 aromatic heterocycles. The summed E-state index contributed by atoms with van der Waals surface area (Å²) >= 11 is 0. The van der Waals surface area contributed by atoms with Gasteiger partial charge in [-0.15, -0.1) is 0 Å². The normalized spacial score (nSPS) is 19.8. The average molecular weight is 280 g/mol. The van der Waals surface area contributed by atoms with Gasteiger partial charge >= 0.3 is 0 Å². The lowest BCUT2D eigenvalue weighted by Crippen LogP contribution is -2.28. The number of nitrogens with one attached hydrogen (secondary N) is 2. The van der Waals surface area contributed by atoms with Gasteiger partial charge in [-0.05, 0) is 49.5 Å². The van der Waals surface area contributed by atoms with E-state index in [1.165, 1.54) is 24.3 Å². The van der Waals surface area contributed by atoms with E-state index in [0.29, 0.717) is 17.9 Å². The van der Waals surface area contributed by atoms with Crippen molar-refractivity contribution in [2.24, 2.45) is 5.92 Å². The van der Waals surface area contributed by atoms with Crippen molar-refractivity contribution in [2.75, 3.05) is 19.6 Å². The Morgan fingerprint density at radius 1 is 1.45 bits per heavy atom. The number of benzene rings is 1. The zero-order valence-electron chi connectivity index (χ0n) is 11.4. The molecule has 2 rings (SSSR count). The van der Waals surface area contributed by atoms with Crippen molar-refractivity contribution < 1.29 is 14.3 Å². The Hall–Kier alpha value is -1.46. The van der Waals surface area contributed by atoms with Gasteiger partial charge in [-0.2, -0.15) is 0 Å². The van der Waals surface area contributed by atoms with Crippen molar-refractivity contribution in [3.8, 4) is 0 Å². The minimum absolute atomic E-state index is 0.0435. The molecule has 0 aliphatic carbocycles. The molecular weight excluding hydrogens is 259 g/mol. The Balaban J connectivity index is 1.68. The number of amides is 1. The SMILES string of the molecule is O=C(CCC1CCNC1)NCC(O)c1ccc(F)cc1. The summed E-state index contributed by atoms with van der Waals surface area (Å²) < 4.78 is 12.8. The molecule has 1 fully saturated rings. The van der Waals surface area contributed by atoms with Crippen LogP contribution in [0.2, 0.25) is 0 Å². The van der Waals surface area contributed by atoms with E-state index in [1.807, 2.05) is 0 Å². The fourth-order valence-electron chi connectivity index (χ4n) is 2.40. The first-order chi connectivity index (χ1) is 9.65. The van der Waals surface area contributed by atoms with Crippen LogP contribution in [0.5, 0.6) is 0 Å². The van der Waals surface area contributed by atoms with Crippen molar-refractivity contribution in [3.63, 3.8) is 0 Å². The molecule has 1 aliphatic heterocycles. The molecule has 2 unspecified atom stereocenters. The van der Waals surface area contributed by atoms with Crippen LogP contribution in [0, 0.1) is 11.7 Å². The molecule has 0 bridgehead atoms. The van der Waals surface area contributed by atoms with E-state index in [4.69, 9.17) is 0 Å². The molecule has 3 N–H and O–H groups in total. The molecule has 110 valence electrons. The molecule has 5 heteroatoms. The standard InChI is InChI=1S/C15H21FN2O2/c16-13-4-2-12(3-5-13)14(19)10-18-15(20)6-1-11-7-8-17-9-11/h2-5,11,14,17,19H,1,6-10H2,(H,18,20). The van der Waals surface area contributed by atoms with Crippen LogP contribution in [0.1, 0.15) is 30.9 Å². The number of halogens is 1. The Morgan fingerprint density at radius 3 is 2.85 bits per heavy atom. The summed E-state index contributed by atoms with van der Waals surface area (Å²) in [5.74, 6) is 0.205. The minimum atomic E-state index is -0.798. The third kappa shape index (κ3) is 4.58. The summed E-state index contributed by atoms with van der Waals surface area (Å²) in [6.45, 7) is 2.19. The van der Waals surface area contributed by atoms with Crippen molar-refractivity contribution >= 4 is 5.91 Å². The monoisotopic (exact) mass is 280 g/mol. The van der Waals surface area contributed by atoms with E-state index in [0.717, 1.165) is 25.9 Å². The molecule has 0 spiro atoms. The molecule has 20 heavy (non-hydrogen) atoms. The van der Waals surface area contributed by atoms with Crippen molar-refractivity contribution in [1.29, 1.82) is 0 Å². The Bertz CT molecular complexity index is 430. The maximum absolute atomic E-state index is 12.8. The molecule has 4 nitrogen and oxygen atoms in total. The fraction of sp³-hybridized carbons (Fsp3) is 0.533. The maximum atomic E-state index is 12.8. The largest absolute Gasteiger partial charge is 0.387 e. The van der Waals surface area contributed by atoms with Gasteiger partial charge in [0.2, 0.25) is 5.91 Å². The summed E-state index contributed by atoms with van der Waals surface area (Å²) in [5, 5.41) is 15.9. The highest BCUT2D eigenvalue weighted by atomic mass is 19.1. The highest BCUT2D eigenvalue weighted by Crippen LogP contribution is 2.15. The molecule has 2 atom stereocenters. The highest BCUT2D eigenvalue weighted by Gasteiger charge is 2.16. The fourth-order valence-corrected chi connectivity index (χ4v) is 2.40. The number of carbonyl (C=O) groups is 1. The molecule has 1 saturated heterocycles. The van der Waals surface area contributed by atoms with E-state index in [2.05, 4.69) is 10.6 Å². The third-order valence-corrected chi connectivity index (χ3v) is 3.69. The molecule has 1 aromatic rings. The lowest BCUT2D eigenvalue weighted by molar-refractivity contribution is -0.121. The van der Waals surface area contributed by atoms with E-state index in [-0.39, 0.29) is 18.3 Å². The number of carbonyl (C=O) groups excluding carboxylic acids is 1. The molecule has 0 radical (unpaired) electrons. The van der Waals surface area contributed by atoms with Crippen LogP contribution in [0.25, 0.3) is 0 Å². The van der Waals surface area contributed by atoms with E-state index < -0.39 is 6.10 Å². The molecular formula is C15H21FN2O2. The molecule has 1 heterocycles. The first-order valence-electron chi connectivity index (χ1n) is 7.06. The zero-order valence-corrected chi connectivity index (χ0v) is 11.4. The molecule has 0 saturated carbocycles. The summed E-state index contributed by atoms with van der Waals surface area (Å²) in [6.07, 6.45) is 1.70. The second-order valence-corrected chi connectivity index (χ2v) is 5.27. The van der Waals surface area contributed by atoms with E-state index in [9.17, 15) is 14.3 Å². The predicted molar refractivity (Wildman–Crippen MR) is 74.6 cm³/mol. The summed E-state index contributed by atoms with van der Waals surface area (Å²) in [4.78, 5) is 11.7. The maximum Gasteiger partial charge on any atom is 0.220 e. The molecule has 1 amide bonds. The van der Waals surface area contributed by atoms with Gasteiger partial charge in [0.15, 0.2) is 0 Å². The Morgan fingerprint density at radius 2 is 2.20 bits per heavy atom. The number of hydrogen-bond acceptors (Lipinski definition) is 3. The van der Waals surface area contributed by atoms with Crippen LogP contribution in [-0.2, 0) is 4.79 Å². The van der Waals surface area contributed by atoms with Gasteiger partial charge in [-0.3, -0.25) is 4.79 Å². The van der Waals surface area contributed by atoms with Crippen LogP contribution in [0.15, 0.2) is 24.3 Å². The van der Waals surface area contributed by atoms with E-state index >= 15 is 0 Å². The molecule has 1 aromatic carbocycles. The second kappa shape index (κ2) is 7.36. The third-order valence-electron chi connectivity index (χ3n) is 3.69. The van der Waals surface area contributed by atoms with Gasteiger partial charge in [0, 0.05) is 13.0 Å². The first kappa shape index (κ1) is 14.9. The van der Waals surface area contributed by atoms with Gasteiger partial charge in [-0.25, -0.2) is 4.39 Å². The van der Waals surface area contributed by atoms with Crippen LogP contribution in [0.4, 0.5) is 4.39 Å². The lowest BCUT2D eigenvalue weighted by atomic mass is 10.0. The van der Waals surface area contributed by atoms with Crippen molar-refractivity contribution in [2.45, 2.75) is 25.4 Å². The quantitative estimate of drug-likeness (QED) is 0.737. The van der Waals surface area contributed by atoms with Gasteiger partial charge in [0.05, 0.1) is 6.10 Å². The summed E-state index contributed by atoms with van der Waals surface area (Å²) in [5.41, 5.74) is 0.603. The van der Waals surface area contributed by atoms with Crippen LogP contribution in [-0.4, -0.2) is 30.6 Å². The van der Waals surface area contributed by atoms with Crippen molar-refractivity contribution in [1.82, 2.24) is 10.6 Å². The summed E-state index contributed by atoms with van der Waals surface area (Å²) in [6, 6.07) is 5.65. The van der Waals surface area contributed by atoms with Gasteiger partial charge in [-0.1, -0.05) is 12.1 Å². The molecule has 1 aliphatic rings. The number of hydrogen-bond donors (Lipinski definition) is 3. The number of aliphatic hydroxyl groups excluding tert-OH is 1. The topological polar surface area (TPSA) is 61.4 Å². The van der Waals surface area contributed by atoms with Crippen LogP contribution >= 0.6 is 0 Å². The zero-order chi connectivity index (χ0) is 14.4. The summed E-state index contributed by atoms with van der Waals surface area (Å²) in [7, 11) is 0. The number of aliphatic hydroxyl groups is 1. The van der Waals surface area contributed by atoms with Crippen LogP contribution < -0.4 is 10.6 Å². The Kier molecular flexibility index (Phi) is 5.49. The van der Waals surface area contributed by atoms with Gasteiger partial charge < -0.3 is 15.7 Å². The van der Waals surface area contributed by atoms with Crippen LogP contribution in [0.3, 0.4) is 0 Å².